The van der Waals surface area contributed by atoms with Crippen molar-refractivity contribution in [1.82, 2.24) is 4.90 Å². The molecule has 0 saturated carbocycles. The molecule has 0 bridgehead atoms. The molecule has 1 amide bonds. The minimum atomic E-state index is -0.845. The van der Waals surface area contributed by atoms with E-state index in [0.29, 0.717) is 34.2 Å². The summed E-state index contributed by atoms with van der Waals surface area (Å²) in [4.78, 5) is 27.8. The molecule has 8 heteroatoms. The molecule has 172 valence electrons. The molecule has 1 N–H and O–H groups in total. The van der Waals surface area contributed by atoms with Crippen molar-refractivity contribution < 1.29 is 24.2 Å². The predicted molar refractivity (Wildman–Crippen MR) is 125 cm³/mol. The maximum atomic E-state index is 13.2. The van der Waals surface area contributed by atoms with E-state index >= 15 is 0 Å². The van der Waals surface area contributed by atoms with Crippen LogP contribution >= 0.6 is 23.2 Å². The number of likely N-dealkylation sites (tertiary alicyclic amines) is 1. The van der Waals surface area contributed by atoms with E-state index in [4.69, 9.17) is 32.7 Å². The molecule has 0 aromatic heterocycles. The summed E-state index contributed by atoms with van der Waals surface area (Å²) in [5.74, 6) is -0.899. The summed E-state index contributed by atoms with van der Waals surface area (Å²) in [7, 11) is 0. The van der Waals surface area contributed by atoms with Crippen LogP contribution in [-0.2, 0) is 20.7 Å². The van der Waals surface area contributed by atoms with E-state index in [0.717, 1.165) is 24.2 Å². The Morgan fingerprint density at radius 1 is 1.18 bits per heavy atom. The number of nitrogens with zero attached hydrogens (tertiary/aromatic N) is 1. The Morgan fingerprint density at radius 2 is 2.00 bits per heavy atom. The van der Waals surface area contributed by atoms with E-state index in [9.17, 15) is 14.7 Å². The van der Waals surface area contributed by atoms with Gasteiger partial charge in [-0.25, -0.2) is 0 Å². The molecule has 6 nitrogen and oxygen atoms in total. The van der Waals surface area contributed by atoms with E-state index in [1.54, 1.807) is 30.3 Å². The molecule has 5 rings (SSSR count). The third-order valence-electron chi connectivity index (χ3n) is 6.39. The van der Waals surface area contributed by atoms with Gasteiger partial charge in [0.05, 0.1) is 17.7 Å². The Morgan fingerprint density at radius 3 is 2.73 bits per heavy atom. The third-order valence-corrected chi connectivity index (χ3v) is 6.95. The smallest absolute Gasteiger partial charge is 0.295 e. The van der Waals surface area contributed by atoms with Gasteiger partial charge in [-0.05, 0) is 61.2 Å². The van der Waals surface area contributed by atoms with E-state index in [1.165, 1.54) is 4.90 Å². The standard InChI is InChI=1S/C25H23Cl2NO5/c1-13-9-15-10-14(4-7-20(15)33-13)23(29)21-22(18-6-5-16(26)11-19(18)27)28(25(31)24(21)30)12-17-3-2-8-32-17/h4-7,10-11,13,17,22,29H,2-3,8-9,12H2,1H3. The fourth-order valence-electron chi connectivity index (χ4n) is 4.85. The summed E-state index contributed by atoms with van der Waals surface area (Å²) in [5.41, 5.74) is 1.94. The number of Topliss-reactive ketones (excluding diaryl/α,β-unsaturated/α-hetero) is 1. The summed E-state index contributed by atoms with van der Waals surface area (Å²) in [6, 6.07) is 9.35. The van der Waals surface area contributed by atoms with Crippen molar-refractivity contribution in [2.45, 2.75) is 44.4 Å². The number of fused-ring (bicyclic) bond motifs is 1. The third kappa shape index (κ3) is 4.01. The van der Waals surface area contributed by atoms with Gasteiger partial charge in [-0.2, -0.15) is 0 Å². The molecular formula is C25H23Cl2NO5. The lowest BCUT2D eigenvalue weighted by Crippen LogP contribution is -2.36. The number of carbonyl (C=O) groups excluding carboxylic acids is 2. The number of hydrogen-bond acceptors (Lipinski definition) is 5. The molecule has 3 aliphatic heterocycles. The summed E-state index contributed by atoms with van der Waals surface area (Å²) in [5, 5.41) is 12.1. The highest BCUT2D eigenvalue weighted by Crippen LogP contribution is 2.43. The molecule has 33 heavy (non-hydrogen) atoms. The highest BCUT2D eigenvalue weighted by Gasteiger charge is 2.47. The van der Waals surface area contributed by atoms with Crippen LogP contribution in [0.25, 0.3) is 5.76 Å². The van der Waals surface area contributed by atoms with Crippen molar-refractivity contribution in [1.29, 1.82) is 0 Å². The first kappa shape index (κ1) is 22.3. The molecule has 2 aromatic carbocycles. The van der Waals surface area contributed by atoms with Gasteiger partial charge in [-0.3, -0.25) is 9.59 Å². The van der Waals surface area contributed by atoms with Gasteiger partial charge < -0.3 is 19.5 Å². The second-order valence-electron chi connectivity index (χ2n) is 8.71. The fourth-order valence-corrected chi connectivity index (χ4v) is 5.36. The minimum absolute atomic E-state index is 0.00846. The van der Waals surface area contributed by atoms with Crippen molar-refractivity contribution in [3.63, 3.8) is 0 Å². The number of amides is 1. The van der Waals surface area contributed by atoms with Crippen LogP contribution in [0.5, 0.6) is 5.75 Å². The average molecular weight is 488 g/mol. The van der Waals surface area contributed by atoms with Crippen LogP contribution in [0.2, 0.25) is 10.0 Å². The lowest BCUT2D eigenvalue weighted by atomic mass is 9.94. The summed E-state index contributed by atoms with van der Waals surface area (Å²) >= 11 is 12.6. The van der Waals surface area contributed by atoms with Gasteiger partial charge in [0.2, 0.25) is 0 Å². The number of benzene rings is 2. The van der Waals surface area contributed by atoms with Crippen LogP contribution in [0.1, 0.15) is 42.5 Å². The van der Waals surface area contributed by atoms with Crippen LogP contribution in [0.4, 0.5) is 0 Å². The van der Waals surface area contributed by atoms with Gasteiger partial charge in [0.1, 0.15) is 17.6 Å². The highest BCUT2D eigenvalue weighted by atomic mass is 35.5. The fraction of sp³-hybridized carbons (Fsp3) is 0.360. The molecular weight excluding hydrogens is 465 g/mol. The molecule has 0 radical (unpaired) electrons. The van der Waals surface area contributed by atoms with Crippen molar-refractivity contribution in [3.05, 3.63) is 68.7 Å². The zero-order chi connectivity index (χ0) is 23.3. The van der Waals surface area contributed by atoms with Crippen LogP contribution in [0.15, 0.2) is 42.0 Å². The minimum Gasteiger partial charge on any atom is -0.507 e. The van der Waals surface area contributed by atoms with Gasteiger partial charge in [0.15, 0.2) is 0 Å². The number of halogens is 2. The second-order valence-corrected chi connectivity index (χ2v) is 9.55. The van der Waals surface area contributed by atoms with E-state index < -0.39 is 17.7 Å². The van der Waals surface area contributed by atoms with Crippen LogP contribution in [0.3, 0.4) is 0 Å². The van der Waals surface area contributed by atoms with Gasteiger partial charge in [-0.1, -0.05) is 29.3 Å². The molecule has 2 fully saturated rings. The zero-order valence-electron chi connectivity index (χ0n) is 18.0. The van der Waals surface area contributed by atoms with Crippen molar-refractivity contribution in [2.24, 2.45) is 0 Å². The number of rotatable bonds is 4. The average Bonchev–Trinajstić information content (AvgIpc) is 3.48. The summed E-state index contributed by atoms with van der Waals surface area (Å²) < 4.78 is 11.5. The molecule has 0 aliphatic carbocycles. The Kier molecular flexibility index (Phi) is 5.85. The van der Waals surface area contributed by atoms with Crippen LogP contribution in [0, 0.1) is 0 Å². The first-order valence-electron chi connectivity index (χ1n) is 11.0. The van der Waals surface area contributed by atoms with Crippen LogP contribution in [-0.4, -0.2) is 47.1 Å². The molecule has 0 spiro atoms. The quantitative estimate of drug-likeness (QED) is 0.376. The van der Waals surface area contributed by atoms with E-state index in [2.05, 4.69) is 0 Å². The molecule has 3 unspecified atom stereocenters. The number of carbonyl (C=O) groups is 2. The van der Waals surface area contributed by atoms with Crippen molar-refractivity contribution in [2.75, 3.05) is 13.2 Å². The van der Waals surface area contributed by atoms with E-state index in [-0.39, 0.29) is 30.1 Å². The Bertz CT molecular complexity index is 1170. The SMILES string of the molecule is CC1Cc2cc(C(O)=C3C(=O)C(=O)N(CC4CCCO4)C3c3ccc(Cl)cc3Cl)ccc2O1. The van der Waals surface area contributed by atoms with E-state index in [1.807, 2.05) is 13.0 Å². The molecule has 3 atom stereocenters. The highest BCUT2D eigenvalue weighted by molar-refractivity contribution is 6.47. The normalized spacial score (nSPS) is 26.0. The zero-order valence-corrected chi connectivity index (χ0v) is 19.5. The van der Waals surface area contributed by atoms with Crippen molar-refractivity contribution >= 4 is 40.7 Å². The number of aliphatic hydroxyl groups is 1. The lowest BCUT2D eigenvalue weighted by molar-refractivity contribution is -0.140. The first-order valence-corrected chi connectivity index (χ1v) is 11.7. The number of ketones is 1. The Labute approximate surface area is 201 Å². The van der Waals surface area contributed by atoms with Crippen molar-refractivity contribution in [3.8, 4) is 5.75 Å². The second kappa shape index (κ2) is 8.67. The summed E-state index contributed by atoms with van der Waals surface area (Å²) in [6.45, 7) is 2.83. The largest absolute Gasteiger partial charge is 0.507 e. The van der Waals surface area contributed by atoms with Gasteiger partial charge in [0.25, 0.3) is 11.7 Å². The topological polar surface area (TPSA) is 76.1 Å². The molecule has 3 aliphatic rings. The number of hydrogen-bond donors (Lipinski definition) is 1. The summed E-state index contributed by atoms with van der Waals surface area (Å²) in [6.07, 6.45) is 2.28. The Balaban J connectivity index is 1.62. The maximum absolute atomic E-state index is 13.2. The Hall–Kier alpha value is -2.54. The first-order chi connectivity index (χ1) is 15.8. The molecule has 2 saturated heterocycles. The maximum Gasteiger partial charge on any atom is 0.295 e. The van der Waals surface area contributed by atoms with Gasteiger partial charge in [-0.15, -0.1) is 0 Å². The monoisotopic (exact) mass is 487 g/mol. The number of ether oxygens (including phenoxy) is 2. The molecule has 2 aromatic rings. The van der Waals surface area contributed by atoms with Crippen LogP contribution < -0.4 is 4.74 Å². The van der Waals surface area contributed by atoms with Gasteiger partial charge in [0, 0.05) is 35.2 Å². The lowest BCUT2D eigenvalue weighted by Gasteiger charge is -2.28. The number of aliphatic hydroxyl groups excluding tert-OH is 1. The van der Waals surface area contributed by atoms with Gasteiger partial charge >= 0.3 is 0 Å². The predicted octanol–water partition coefficient (Wildman–Crippen LogP) is 4.92. The molecule has 3 heterocycles.